The summed E-state index contributed by atoms with van der Waals surface area (Å²) in [6, 6.07) is 11.9. The van der Waals surface area contributed by atoms with Gasteiger partial charge in [0.1, 0.15) is 5.75 Å². The summed E-state index contributed by atoms with van der Waals surface area (Å²) in [4.78, 5) is 11.9. The first-order chi connectivity index (χ1) is 10.6. The third-order valence-electron chi connectivity index (χ3n) is 3.00. The number of hydrogen-bond acceptors (Lipinski definition) is 4. The van der Waals surface area contributed by atoms with E-state index in [0.29, 0.717) is 17.2 Å². The summed E-state index contributed by atoms with van der Waals surface area (Å²) in [6.45, 7) is 0. The summed E-state index contributed by atoms with van der Waals surface area (Å²) in [5.74, 6) is 0.899. The van der Waals surface area contributed by atoms with E-state index in [1.807, 2.05) is 6.07 Å². The summed E-state index contributed by atoms with van der Waals surface area (Å²) in [6.07, 6.45) is 3.03. The molecule has 0 aromatic heterocycles. The highest BCUT2D eigenvalue weighted by atomic mass is 16.5. The molecule has 2 N–H and O–H groups in total. The topological polar surface area (TPSA) is 67.8 Å². The molecule has 0 unspecified atom stereocenters. The molecule has 0 saturated carbocycles. The van der Waals surface area contributed by atoms with Crippen LogP contribution in [0.1, 0.15) is 5.56 Å². The average molecular weight is 299 g/mol. The zero-order valence-electron chi connectivity index (χ0n) is 12.4. The fourth-order valence-electron chi connectivity index (χ4n) is 1.88. The van der Waals surface area contributed by atoms with Gasteiger partial charge in [-0.1, -0.05) is 18.2 Å². The van der Waals surface area contributed by atoms with Crippen LogP contribution in [0.25, 0.3) is 6.08 Å². The highest BCUT2D eigenvalue weighted by Gasteiger charge is 2.04. The van der Waals surface area contributed by atoms with Crippen molar-refractivity contribution >= 4 is 17.7 Å². The highest BCUT2D eigenvalue weighted by molar-refractivity contribution is 6.02. The number of methoxy groups -OCH3 is 2. The second kappa shape index (κ2) is 7.17. The highest BCUT2D eigenvalue weighted by Crippen LogP contribution is 2.28. The van der Waals surface area contributed by atoms with Crippen LogP contribution in [0, 0.1) is 0 Å². The first-order valence-electron chi connectivity index (χ1n) is 6.63. The zero-order valence-corrected chi connectivity index (χ0v) is 12.4. The second-order valence-electron chi connectivity index (χ2n) is 4.45. The number of amides is 1. The standard InChI is InChI=1S/C17H17NO4/c1-21-15-9-7-12(11-16(15)22-2)8-10-17(20)18-13-5-3-4-6-14(13)19/h3-11,19H,1-2H3,(H,18,20)/b10-8+. The number of aromatic hydroxyl groups is 1. The van der Waals surface area contributed by atoms with Crippen molar-refractivity contribution in [3.63, 3.8) is 0 Å². The summed E-state index contributed by atoms with van der Waals surface area (Å²) in [5, 5.41) is 12.2. The molecule has 5 nitrogen and oxygen atoms in total. The van der Waals surface area contributed by atoms with Gasteiger partial charge in [-0.2, -0.15) is 0 Å². The lowest BCUT2D eigenvalue weighted by atomic mass is 10.2. The van der Waals surface area contributed by atoms with E-state index in [1.165, 1.54) is 12.1 Å². The van der Waals surface area contributed by atoms with Crippen molar-refractivity contribution < 1.29 is 19.4 Å². The molecule has 22 heavy (non-hydrogen) atoms. The van der Waals surface area contributed by atoms with Crippen LogP contribution < -0.4 is 14.8 Å². The predicted octanol–water partition coefficient (Wildman–Crippen LogP) is 3.06. The van der Waals surface area contributed by atoms with E-state index in [9.17, 15) is 9.90 Å². The Bertz CT molecular complexity index is 695. The van der Waals surface area contributed by atoms with Gasteiger partial charge in [0.25, 0.3) is 0 Å². The molecule has 0 spiro atoms. The van der Waals surface area contributed by atoms with Gasteiger partial charge in [-0.25, -0.2) is 0 Å². The van der Waals surface area contributed by atoms with E-state index in [-0.39, 0.29) is 11.7 Å². The van der Waals surface area contributed by atoms with E-state index in [0.717, 1.165) is 5.56 Å². The van der Waals surface area contributed by atoms with Crippen molar-refractivity contribution in [3.8, 4) is 17.2 Å². The Balaban J connectivity index is 2.08. The van der Waals surface area contributed by atoms with Crippen molar-refractivity contribution in [3.05, 3.63) is 54.1 Å². The summed E-state index contributed by atoms with van der Waals surface area (Å²) in [7, 11) is 3.11. The molecular formula is C17H17NO4. The summed E-state index contributed by atoms with van der Waals surface area (Å²) < 4.78 is 10.4. The van der Waals surface area contributed by atoms with Gasteiger partial charge in [0.05, 0.1) is 19.9 Å². The number of carbonyl (C=O) groups excluding carboxylic acids is 1. The van der Waals surface area contributed by atoms with Crippen molar-refractivity contribution in [2.75, 3.05) is 19.5 Å². The smallest absolute Gasteiger partial charge is 0.248 e. The molecule has 0 saturated heterocycles. The van der Waals surface area contributed by atoms with Gasteiger partial charge in [-0.15, -0.1) is 0 Å². The first-order valence-corrected chi connectivity index (χ1v) is 6.63. The maximum Gasteiger partial charge on any atom is 0.248 e. The van der Waals surface area contributed by atoms with Crippen molar-refractivity contribution in [1.82, 2.24) is 0 Å². The maximum absolute atomic E-state index is 11.9. The maximum atomic E-state index is 11.9. The van der Waals surface area contributed by atoms with Gasteiger partial charge < -0.3 is 19.9 Å². The zero-order chi connectivity index (χ0) is 15.9. The quantitative estimate of drug-likeness (QED) is 0.657. The molecule has 114 valence electrons. The number of phenols is 1. The number of ether oxygens (including phenoxy) is 2. The number of phenolic OH excluding ortho intramolecular Hbond substituents is 1. The Kier molecular flexibility index (Phi) is 5.03. The van der Waals surface area contributed by atoms with Gasteiger partial charge in [-0.05, 0) is 35.9 Å². The third-order valence-corrected chi connectivity index (χ3v) is 3.00. The molecule has 1 amide bonds. The molecule has 0 bridgehead atoms. The molecule has 0 heterocycles. The number of carbonyl (C=O) groups is 1. The number of nitrogens with one attached hydrogen (secondary N) is 1. The van der Waals surface area contributed by atoms with Crippen LogP contribution in [0.3, 0.4) is 0 Å². The first kappa shape index (κ1) is 15.4. The van der Waals surface area contributed by atoms with Crippen molar-refractivity contribution in [1.29, 1.82) is 0 Å². The minimum atomic E-state index is -0.337. The largest absolute Gasteiger partial charge is 0.506 e. The van der Waals surface area contributed by atoms with Crippen molar-refractivity contribution in [2.24, 2.45) is 0 Å². The van der Waals surface area contributed by atoms with Crippen LogP contribution >= 0.6 is 0 Å². The molecular weight excluding hydrogens is 282 g/mol. The van der Waals surface area contributed by atoms with E-state index < -0.39 is 0 Å². The van der Waals surface area contributed by atoms with Crippen LogP contribution in [-0.2, 0) is 4.79 Å². The molecule has 0 aliphatic heterocycles. The Hall–Kier alpha value is -2.95. The Labute approximate surface area is 128 Å². The van der Waals surface area contributed by atoms with Crippen molar-refractivity contribution in [2.45, 2.75) is 0 Å². The van der Waals surface area contributed by atoms with Crippen LogP contribution in [0.4, 0.5) is 5.69 Å². The fraction of sp³-hybridized carbons (Fsp3) is 0.118. The summed E-state index contributed by atoms with van der Waals surface area (Å²) >= 11 is 0. The Morgan fingerprint density at radius 2 is 1.82 bits per heavy atom. The number of rotatable bonds is 5. The fourth-order valence-corrected chi connectivity index (χ4v) is 1.88. The van der Waals surface area contributed by atoms with Gasteiger partial charge >= 0.3 is 0 Å². The molecule has 0 radical (unpaired) electrons. The average Bonchev–Trinajstić information content (AvgIpc) is 2.54. The SMILES string of the molecule is COc1ccc(/C=C/C(=O)Nc2ccccc2O)cc1OC. The molecule has 2 aromatic carbocycles. The summed E-state index contributed by atoms with van der Waals surface area (Å²) in [5.41, 5.74) is 1.16. The second-order valence-corrected chi connectivity index (χ2v) is 4.45. The molecule has 2 aromatic rings. The molecule has 0 fully saturated rings. The molecule has 0 aliphatic carbocycles. The van der Waals surface area contributed by atoms with Crippen LogP contribution in [0.5, 0.6) is 17.2 Å². The van der Waals surface area contributed by atoms with E-state index >= 15 is 0 Å². The molecule has 2 rings (SSSR count). The lowest BCUT2D eigenvalue weighted by Crippen LogP contribution is -2.07. The molecule has 0 atom stereocenters. The lowest BCUT2D eigenvalue weighted by Gasteiger charge is -2.07. The van der Waals surface area contributed by atoms with Crippen LogP contribution in [0.2, 0.25) is 0 Å². The normalized spacial score (nSPS) is 10.5. The monoisotopic (exact) mass is 299 g/mol. The van der Waals surface area contributed by atoms with Gasteiger partial charge in [0.2, 0.25) is 5.91 Å². The molecule has 5 heteroatoms. The van der Waals surface area contributed by atoms with E-state index in [4.69, 9.17) is 9.47 Å². The lowest BCUT2D eigenvalue weighted by molar-refractivity contribution is -0.111. The van der Waals surface area contributed by atoms with Gasteiger partial charge in [0, 0.05) is 6.08 Å². The van der Waals surface area contributed by atoms with Crippen LogP contribution in [0.15, 0.2) is 48.5 Å². The van der Waals surface area contributed by atoms with E-state index in [1.54, 1.807) is 50.6 Å². The minimum Gasteiger partial charge on any atom is -0.506 e. The Morgan fingerprint density at radius 3 is 2.50 bits per heavy atom. The van der Waals surface area contributed by atoms with Crippen LogP contribution in [-0.4, -0.2) is 25.2 Å². The van der Waals surface area contributed by atoms with Gasteiger partial charge in [-0.3, -0.25) is 4.79 Å². The number of anilines is 1. The number of hydrogen-bond donors (Lipinski definition) is 2. The minimum absolute atomic E-state index is 0.0235. The van der Waals surface area contributed by atoms with E-state index in [2.05, 4.69) is 5.32 Å². The Morgan fingerprint density at radius 1 is 1.09 bits per heavy atom. The predicted molar refractivity (Wildman–Crippen MR) is 85.3 cm³/mol. The molecule has 0 aliphatic rings. The number of para-hydroxylation sites is 2. The number of benzene rings is 2. The van der Waals surface area contributed by atoms with Gasteiger partial charge in [0.15, 0.2) is 11.5 Å². The third kappa shape index (κ3) is 3.79.